The molecule has 0 unspecified atom stereocenters. The zero-order valence-corrected chi connectivity index (χ0v) is 11.7. The molecule has 0 bridgehead atoms. The fraction of sp³-hybridized carbons (Fsp3) is 0.0769. The van der Waals surface area contributed by atoms with Crippen LogP contribution in [0.4, 0.5) is 20.2 Å². The Bertz CT molecular complexity index is 665. The highest BCUT2D eigenvalue weighted by atomic mass is 79.9. The van der Waals surface area contributed by atoms with Crippen molar-refractivity contribution >= 4 is 27.3 Å². The van der Waals surface area contributed by atoms with Crippen molar-refractivity contribution in [2.24, 2.45) is 0 Å². The number of benzene rings is 2. The van der Waals surface area contributed by atoms with E-state index in [9.17, 15) is 18.9 Å². The van der Waals surface area contributed by atoms with Gasteiger partial charge >= 0.3 is 0 Å². The molecule has 0 amide bonds. The van der Waals surface area contributed by atoms with Gasteiger partial charge in [-0.15, -0.1) is 0 Å². The van der Waals surface area contributed by atoms with Crippen molar-refractivity contribution in [3.05, 3.63) is 68.2 Å². The van der Waals surface area contributed by atoms with E-state index in [1.807, 2.05) is 0 Å². The van der Waals surface area contributed by atoms with E-state index in [2.05, 4.69) is 21.2 Å². The normalized spacial score (nSPS) is 10.3. The van der Waals surface area contributed by atoms with E-state index in [1.54, 1.807) is 6.07 Å². The van der Waals surface area contributed by atoms with Gasteiger partial charge in [0.1, 0.15) is 0 Å². The summed E-state index contributed by atoms with van der Waals surface area (Å²) in [6, 6.07) is 7.89. The molecule has 0 aliphatic heterocycles. The maximum absolute atomic E-state index is 13.0. The van der Waals surface area contributed by atoms with Crippen LogP contribution in [0.1, 0.15) is 5.56 Å². The molecule has 2 aromatic rings. The molecule has 104 valence electrons. The molecule has 20 heavy (non-hydrogen) atoms. The van der Waals surface area contributed by atoms with Crippen LogP contribution in [0, 0.1) is 21.7 Å². The molecule has 0 aromatic heterocycles. The number of anilines is 1. The first kappa shape index (κ1) is 14.4. The fourth-order valence-electron chi connectivity index (χ4n) is 1.61. The largest absolute Gasteiger partial charge is 0.380 e. The molecule has 0 radical (unpaired) electrons. The number of nitro benzene ring substituents is 1. The van der Waals surface area contributed by atoms with E-state index >= 15 is 0 Å². The minimum absolute atomic E-state index is 0.0322. The lowest BCUT2D eigenvalue weighted by atomic mass is 10.2. The Morgan fingerprint density at radius 1 is 1.15 bits per heavy atom. The van der Waals surface area contributed by atoms with E-state index in [0.717, 1.165) is 12.1 Å². The van der Waals surface area contributed by atoms with Gasteiger partial charge in [0, 0.05) is 28.8 Å². The highest BCUT2D eigenvalue weighted by Crippen LogP contribution is 2.27. The van der Waals surface area contributed by atoms with Gasteiger partial charge in [0.25, 0.3) is 5.69 Å². The second-order valence-corrected chi connectivity index (χ2v) is 4.88. The first-order valence-electron chi connectivity index (χ1n) is 5.59. The van der Waals surface area contributed by atoms with Crippen LogP contribution in [0.15, 0.2) is 40.9 Å². The van der Waals surface area contributed by atoms with E-state index in [1.165, 1.54) is 18.2 Å². The summed E-state index contributed by atoms with van der Waals surface area (Å²) >= 11 is 3.21. The molecule has 2 rings (SSSR count). The molecule has 0 fully saturated rings. The quantitative estimate of drug-likeness (QED) is 0.667. The predicted octanol–water partition coefficient (Wildman–Crippen LogP) is 4.25. The third-order valence-electron chi connectivity index (χ3n) is 2.63. The molecule has 1 N–H and O–H groups in total. The topological polar surface area (TPSA) is 55.2 Å². The Hall–Kier alpha value is -2.02. The van der Waals surface area contributed by atoms with Gasteiger partial charge in [0.15, 0.2) is 11.6 Å². The Labute approximate surface area is 121 Å². The monoisotopic (exact) mass is 342 g/mol. The fourth-order valence-corrected chi connectivity index (χ4v) is 2.11. The third-order valence-corrected chi connectivity index (χ3v) is 3.29. The zero-order chi connectivity index (χ0) is 14.7. The van der Waals surface area contributed by atoms with Crippen molar-refractivity contribution < 1.29 is 13.7 Å². The van der Waals surface area contributed by atoms with Gasteiger partial charge in [-0.1, -0.05) is 6.07 Å². The Morgan fingerprint density at radius 3 is 2.50 bits per heavy atom. The van der Waals surface area contributed by atoms with E-state index in [0.29, 0.717) is 15.7 Å². The molecule has 0 aliphatic carbocycles. The van der Waals surface area contributed by atoms with Crippen molar-refractivity contribution in [1.29, 1.82) is 0 Å². The molecule has 4 nitrogen and oxygen atoms in total. The summed E-state index contributed by atoms with van der Waals surface area (Å²) in [7, 11) is 0. The molecule has 0 heterocycles. The summed E-state index contributed by atoms with van der Waals surface area (Å²) in [6.07, 6.45) is 0. The number of rotatable bonds is 4. The number of nitrogens with zero attached hydrogens (tertiary/aromatic N) is 1. The Balaban J connectivity index is 2.10. The molecule has 0 saturated heterocycles. The van der Waals surface area contributed by atoms with Gasteiger partial charge in [0.2, 0.25) is 0 Å². The Kier molecular flexibility index (Phi) is 4.29. The number of hydrogen-bond donors (Lipinski definition) is 1. The highest BCUT2D eigenvalue weighted by Gasteiger charge is 2.09. The van der Waals surface area contributed by atoms with E-state index < -0.39 is 16.6 Å². The van der Waals surface area contributed by atoms with Crippen LogP contribution < -0.4 is 5.32 Å². The maximum Gasteiger partial charge on any atom is 0.270 e. The molecule has 0 saturated carbocycles. The van der Waals surface area contributed by atoms with Crippen molar-refractivity contribution in [2.45, 2.75) is 6.54 Å². The molecule has 2 aromatic carbocycles. The average molecular weight is 343 g/mol. The van der Waals surface area contributed by atoms with Gasteiger partial charge in [0.05, 0.1) is 4.92 Å². The van der Waals surface area contributed by atoms with Crippen molar-refractivity contribution in [1.82, 2.24) is 0 Å². The standard InChI is InChI=1S/C13H9BrF2N2O2/c14-10-6-9(18(19)20)2-4-13(10)17-7-8-1-3-11(15)12(16)5-8/h1-6,17H,7H2. The number of nitrogens with one attached hydrogen (secondary N) is 1. The first-order chi connectivity index (χ1) is 9.47. The average Bonchev–Trinajstić information content (AvgIpc) is 2.41. The van der Waals surface area contributed by atoms with Gasteiger partial charge in [-0.25, -0.2) is 8.78 Å². The van der Waals surface area contributed by atoms with Crippen LogP contribution in [0.5, 0.6) is 0 Å². The number of nitro groups is 1. The molecule has 0 atom stereocenters. The molecular weight excluding hydrogens is 334 g/mol. The summed E-state index contributed by atoms with van der Waals surface area (Å²) in [5, 5.41) is 13.6. The Morgan fingerprint density at radius 2 is 1.90 bits per heavy atom. The van der Waals surface area contributed by atoms with Crippen molar-refractivity contribution in [2.75, 3.05) is 5.32 Å². The minimum Gasteiger partial charge on any atom is -0.380 e. The van der Waals surface area contributed by atoms with Crippen LogP contribution in [0.2, 0.25) is 0 Å². The van der Waals surface area contributed by atoms with Gasteiger partial charge in [-0.3, -0.25) is 10.1 Å². The van der Waals surface area contributed by atoms with Crippen LogP contribution >= 0.6 is 15.9 Å². The summed E-state index contributed by atoms with van der Waals surface area (Å²) in [6.45, 7) is 0.271. The van der Waals surface area contributed by atoms with Crippen LogP contribution in [-0.2, 0) is 6.54 Å². The summed E-state index contributed by atoms with van der Waals surface area (Å²) in [4.78, 5) is 10.1. The van der Waals surface area contributed by atoms with Gasteiger partial charge in [-0.05, 0) is 39.7 Å². The second kappa shape index (κ2) is 5.96. The first-order valence-corrected chi connectivity index (χ1v) is 6.38. The van der Waals surface area contributed by atoms with Crippen LogP contribution in [-0.4, -0.2) is 4.92 Å². The lowest BCUT2D eigenvalue weighted by Gasteiger charge is -2.08. The van der Waals surface area contributed by atoms with Gasteiger partial charge < -0.3 is 5.32 Å². The van der Waals surface area contributed by atoms with Gasteiger partial charge in [-0.2, -0.15) is 0 Å². The zero-order valence-electron chi connectivity index (χ0n) is 10.1. The smallest absolute Gasteiger partial charge is 0.270 e. The minimum atomic E-state index is -0.910. The SMILES string of the molecule is O=[N+]([O-])c1ccc(NCc2ccc(F)c(F)c2)c(Br)c1. The lowest BCUT2D eigenvalue weighted by molar-refractivity contribution is -0.384. The third kappa shape index (κ3) is 3.30. The predicted molar refractivity (Wildman–Crippen MR) is 74.5 cm³/mol. The lowest BCUT2D eigenvalue weighted by Crippen LogP contribution is -2.01. The molecule has 7 heteroatoms. The number of hydrogen-bond acceptors (Lipinski definition) is 3. The highest BCUT2D eigenvalue weighted by molar-refractivity contribution is 9.10. The van der Waals surface area contributed by atoms with E-state index in [-0.39, 0.29) is 12.2 Å². The van der Waals surface area contributed by atoms with Crippen molar-refractivity contribution in [3.63, 3.8) is 0 Å². The maximum atomic E-state index is 13.0. The van der Waals surface area contributed by atoms with Crippen LogP contribution in [0.25, 0.3) is 0 Å². The summed E-state index contributed by atoms with van der Waals surface area (Å²) in [5.74, 6) is -1.81. The molecular formula is C13H9BrF2N2O2. The summed E-state index contributed by atoms with van der Waals surface area (Å²) in [5.41, 5.74) is 1.16. The van der Waals surface area contributed by atoms with Crippen molar-refractivity contribution in [3.8, 4) is 0 Å². The van der Waals surface area contributed by atoms with E-state index in [4.69, 9.17) is 0 Å². The molecule has 0 spiro atoms. The second-order valence-electron chi connectivity index (χ2n) is 4.02. The number of non-ortho nitro benzene ring substituents is 1. The number of halogens is 3. The van der Waals surface area contributed by atoms with Crippen LogP contribution in [0.3, 0.4) is 0 Å². The molecule has 0 aliphatic rings. The summed E-state index contributed by atoms with van der Waals surface area (Å²) < 4.78 is 26.3.